The van der Waals surface area contributed by atoms with Crippen molar-refractivity contribution in [3.63, 3.8) is 0 Å². The van der Waals surface area contributed by atoms with E-state index >= 15 is 0 Å². The smallest absolute Gasteiger partial charge is 0.203 e. The first-order valence-electron chi connectivity index (χ1n) is 10.1. The quantitative estimate of drug-likeness (QED) is 0.739. The van der Waals surface area contributed by atoms with Gasteiger partial charge in [-0.15, -0.1) is 0 Å². The molecular weight excluding hydrogens is 386 g/mol. The number of rotatable bonds is 5. The number of nitrogens with two attached hydrogens (primary N) is 1. The Balaban J connectivity index is 1.97. The van der Waals surface area contributed by atoms with Crippen molar-refractivity contribution in [2.45, 2.75) is 69.2 Å². The van der Waals surface area contributed by atoms with Crippen molar-refractivity contribution in [3.05, 3.63) is 47.3 Å². The van der Waals surface area contributed by atoms with Crippen LogP contribution in [-0.4, -0.2) is 29.9 Å². The van der Waals surface area contributed by atoms with Crippen molar-refractivity contribution in [2.24, 2.45) is 0 Å². The summed E-state index contributed by atoms with van der Waals surface area (Å²) in [7, 11) is -3.88. The molecule has 6 nitrogen and oxygen atoms in total. The van der Waals surface area contributed by atoms with E-state index in [2.05, 4.69) is 25.8 Å². The zero-order valence-electron chi connectivity index (χ0n) is 17.3. The molecule has 0 atom stereocenters. The van der Waals surface area contributed by atoms with Crippen LogP contribution < -0.4 is 5.73 Å². The lowest BCUT2D eigenvalue weighted by atomic mass is 9.83. The van der Waals surface area contributed by atoms with Crippen LogP contribution in [0.5, 0.6) is 0 Å². The van der Waals surface area contributed by atoms with Gasteiger partial charge in [0.05, 0.1) is 5.69 Å². The Bertz CT molecular complexity index is 1000. The fourth-order valence-corrected chi connectivity index (χ4v) is 4.92. The van der Waals surface area contributed by atoms with Crippen LogP contribution in [0, 0.1) is 0 Å². The van der Waals surface area contributed by atoms with Crippen LogP contribution in [0.2, 0.25) is 0 Å². The van der Waals surface area contributed by atoms with Crippen molar-refractivity contribution < 1.29 is 13.2 Å². The van der Waals surface area contributed by atoms with E-state index in [0.717, 1.165) is 37.1 Å². The van der Waals surface area contributed by atoms with Gasteiger partial charge in [-0.3, -0.25) is 9.78 Å². The van der Waals surface area contributed by atoms with Crippen LogP contribution in [0.4, 0.5) is 5.82 Å². The molecule has 1 saturated carbocycles. The molecule has 7 heteroatoms. The molecule has 2 heterocycles. The van der Waals surface area contributed by atoms with E-state index in [1.54, 1.807) is 6.07 Å². The van der Waals surface area contributed by atoms with E-state index in [1.807, 2.05) is 6.07 Å². The molecule has 0 spiro atoms. The molecule has 1 fully saturated rings. The Kier molecular flexibility index (Phi) is 6.08. The number of anilines is 1. The highest BCUT2D eigenvalue weighted by atomic mass is 32.2. The highest BCUT2D eigenvalue weighted by Crippen LogP contribution is 2.35. The monoisotopic (exact) mass is 415 g/mol. The third-order valence-corrected chi connectivity index (χ3v) is 6.88. The molecule has 3 rings (SSSR count). The number of pyridine rings is 2. The normalized spacial score (nSPS) is 16.0. The zero-order valence-corrected chi connectivity index (χ0v) is 18.1. The third kappa shape index (κ3) is 5.01. The van der Waals surface area contributed by atoms with Gasteiger partial charge in [-0.05, 0) is 37.1 Å². The zero-order chi connectivity index (χ0) is 21.2. The Hall–Kier alpha value is -2.28. The maximum atomic E-state index is 13.1. The van der Waals surface area contributed by atoms with Crippen molar-refractivity contribution in [3.8, 4) is 0 Å². The van der Waals surface area contributed by atoms with Crippen LogP contribution >= 0.6 is 0 Å². The van der Waals surface area contributed by atoms with E-state index in [1.165, 1.54) is 24.6 Å². The summed E-state index contributed by atoms with van der Waals surface area (Å²) in [5, 5.41) is -0.177. The number of hydrogen-bond donors (Lipinski definition) is 1. The molecule has 156 valence electrons. The molecule has 0 unspecified atom stereocenters. The number of carbonyl (C=O) groups excluding carboxylic acids is 1. The summed E-state index contributed by atoms with van der Waals surface area (Å²) >= 11 is 0. The summed E-state index contributed by atoms with van der Waals surface area (Å²) in [6.07, 6.45) is 5.35. The molecule has 0 aromatic carbocycles. The molecule has 0 saturated heterocycles. The molecule has 0 amide bonds. The third-order valence-electron chi connectivity index (χ3n) is 5.37. The van der Waals surface area contributed by atoms with E-state index in [9.17, 15) is 13.2 Å². The molecule has 2 aromatic rings. The molecule has 1 aliphatic rings. The minimum atomic E-state index is -3.88. The number of carbonyl (C=O) groups is 1. The second-order valence-corrected chi connectivity index (χ2v) is 10.7. The largest absolute Gasteiger partial charge is 0.384 e. The maximum absolute atomic E-state index is 13.1. The standard InChI is InChI=1S/C22H29N3O3S/c1-22(2,3)18-13-12-16(21(24-18)15-8-5-4-6-9-15)17(26)14-29(27,28)20-11-7-10-19(23)25-20/h7,10-13,15H,4-6,8-9,14H2,1-3H3,(H2,23,25). The molecule has 2 N–H and O–H groups in total. The molecular formula is C22H29N3O3S. The van der Waals surface area contributed by atoms with Crippen LogP contribution in [0.1, 0.15) is 80.5 Å². The minimum Gasteiger partial charge on any atom is -0.384 e. The topological polar surface area (TPSA) is 103 Å². The summed E-state index contributed by atoms with van der Waals surface area (Å²) in [5.74, 6) is -0.779. The molecule has 0 aliphatic heterocycles. The second kappa shape index (κ2) is 8.22. The number of nitrogens with zero attached hydrogens (tertiary/aromatic N) is 2. The number of aromatic nitrogens is 2. The first-order valence-corrected chi connectivity index (χ1v) is 11.7. The minimum absolute atomic E-state index is 0.109. The fraction of sp³-hybridized carbons (Fsp3) is 0.500. The van der Waals surface area contributed by atoms with Crippen molar-refractivity contribution in [1.29, 1.82) is 0 Å². The summed E-state index contributed by atoms with van der Waals surface area (Å²) in [5.41, 5.74) is 7.53. The first-order chi connectivity index (χ1) is 13.6. The van der Waals surface area contributed by atoms with Crippen molar-refractivity contribution in [1.82, 2.24) is 9.97 Å². The Labute approximate surface area is 172 Å². The lowest BCUT2D eigenvalue weighted by Crippen LogP contribution is -2.23. The average Bonchev–Trinajstić information content (AvgIpc) is 2.67. The SMILES string of the molecule is CC(C)(C)c1ccc(C(=O)CS(=O)(=O)c2cccc(N)n2)c(C2CCCCC2)n1. The highest BCUT2D eigenvalue weighted by molar-refractivity contribution is 7.92. The van der Waals surface area contributed by atoms with Gasteiger partial charge in [0.1, 0.15) is 11.6 Å². The summed E-state index contributed by atoms with van der Waals surface area (Å²) in [4.78, 5) is 21.8. The summed E-state index contributed by atoms with van der Waals surface area (Å²) in [6, 6.07) is 7.99. The van der Waals surface area contributed by atoms with Gasteiger partial charge in [0, 0.05) is 22.6 Å². The second-order valence-electron chi connectivity index (χ2n) is 8.80. The van der Waals surface area contributed by atoms with Crippen molar-refractivity contribution >= 4 is 21.4 Å². The van der Waals surface area contributed by atoms with Gasteiger partial charge in [-0.1, -0.05) is 46.1 Å². The fourth-order valence-electron chi connectivity index (χ4n) is 3.74. The Morgan fingerprint density at radius 1 is 1.07 bits per heavy atom. The Morgan fingerprint density at radius 3 is 2.38 bits per heavy atom. The van der Waals surface area contributed by atoms with E-state index in [4.69, 9.17) is 10.7 Å². The average molecular weight is 416 g/mol. The van der Waals surface area contributed by atoms with Gasteiger partial charge in [0.15, 0.2) is 10.8 Å². The number of hydrogen-bond acceptors (Lipinski definition) is 6. The highest BCUT2D eigenvalue weighted by Gasteiger charge is 2.29. The number of nitrogen functional groups attached to an aromatic ring is 1. The van der Waals surface area contributed by atoms with Crippen molar-refractivity contribution in [2.75, 3.05) is 11.5 Å². The lowest BCUT2D eigenvalue weighted by molar-refractivity contribution is 0.101. The summed E-state index contributed by atoms with van der Waals surface area (Å²) < 4.78 is 25.4. The van der Waals surface area contributed by atoms with Gasteiger partial charge >= 0.3 is 0 Å². The van der Waals surface area contributed by atoms with Gasteiger partial charge in [0.25, 0.3) is 0 Å². The predicted octanol–water partition coefficient (Wildman–Crippen LogP) is 4.06. The number of sulfone groups is 1. The van der Waals surface area contributed by atoms with Gasteiger partial charge < -0.3 is 5.73 Å². The van der Waals surface area contributed by atoms with E-state index in [0.29, 0.717) is 5.56 Å². The van der Waals surface area contributed by atoms with Crippen LogP contribution in [0.3, 0.4) is 0 Å². The van der Waals surface area contributed by atoms with Gasteiger partial charge in [0.2, 0.25) is 9.84 Å². The van der Waals surface area contributed by atoms with E-state index in [-0.39, 0.29) is 22.2 Å². The van der Waals surface area contributed by atoms with Gasteiger partial charge in [-0.25, -0.2) is 13.4 Å². The van der Waals surface area contributed by atoms with Crippen LogP contribution in [0.15, 0.2) is 35.4 Å². The Morgan fingerprint density at radius 2 is 1.76 bits per heavy atom. The predicted molar refractivity (Wildman–Crippen MR) is 114 cm³/mol. The molecule has 0 radical (unpaired) electrons. The van der Waals surface area contributed by atoms with Crippen LogP contribution in [0.25, 0.3) is 0 Å². The van der Waals surface area contributed by atoms with E-state index < -0.39 is 21.4 Å². The lowest BCUT2D eigenvalue weighted by Gasteiger charge is -2.26. The molecule has 0 bridgehead atoms. The molecule has 1 aliphatic carbocycles. The molecule has 2 aromatic heterocycles. The maximum Gasteiger partial charge on any atom is 0.203 e. The van der Waals surface area contributed by atoms with Crippen LogP contribution in [-0.2, 0) is 15.3 Å². The van der Waals surface area contributed by atoms with Gasteiger partial charge in [-0.2, -0.15) is 0 Å². The number of ketones is 1. The summed E-state index contributed by atoms with van der Waals surface area (Å²) in [6.45, 7) is 6.24. The first kappa shape index (κ1) is 21.4. The number of Topliss-reactive ketones (excluding diaryl/α,β-unsaturated/α-hetero) is 1. The molecule has 29 heavy (non-hydrogen) atoms.